The quantitative estimate of drug-likeness (QED) is 0.818. The average Bonchev–Trinajstić information content (AvgIpc) is 2.81. The summed E-state index contributed by atoms with van der Waals surface area (Å²) in [6, 6.07) is 5.31. The molecule has 1 aliphatic heterocycles. The van der Waals surface area contributed by atoms with Gasteiger partial charge in [0.25, 0.3) is 0 Å². The molecular formula is C11H17N3O2S. The monoisotopic (exact) mass is 255 g/mol. The normalized spacial score (nSPS) is 22.5. The Balaban J connectivity index is 2.09. The van der Waals surface area contributed by atoms with E-state index in [2.05, 4.69) is 15.0 Å². The minimum absolute atomic E-state index is 0.00571. The van der Waals surface area contributed by atoms with E-state index in [0.29, 0.717) is 12.2 Å². The van der Waals surface area contributed by atoms with Crippen LogP contribution >= 0.6 is 0 Å². The van der Waals surface area contributed by atoms with Gasteiger partial charge in [0.15, 0.2) is 0 Å². The Morgan fingerprint density at radius 3 is 2.94 bits per heavy atom. The molecule has 0 unspecified atom stereocenters. The van der Waals surface area contributed by atoms with Gasteiger partial charge in [0, 0.05) is 18.8 Å². The topological polar surface area (TPSA) is 71.1 Å². The standard InChI is InChI=1S/C11H17N3O2S/c1-9(11-4-2-3-6-13-11)17(15,16)14-10-5-7-12-8-10/h2-4,6,9-10,12,14H,5,7-8H2,1H3/t9-,10+/m1/s1. The van der Waals surface area contributed by atoms with Crippen LogP contribution in [0.25, 0.3) is 0 Å². The number of hydrogen-bond donors (Lipinski definition) is 2. The SMILES string of the molecule is C[C@H](c1ccccn1)S(=O)(=O)N[C@H]1CCNC1. The van der Waals surface area contributed by atoms with E-state index in [1.807, 2.05) is 0 Å². The van der Waals surface area contributed by atoms with Gasteiger partial charge in [0.1, 0.15) is 5.25 Å². The van der Waals surface area contributed by atoms with Crippen molar-refractivity contribution in [1.82, 2.24) is 15.0 Å². The summed E-state index contributed by atoms with van der Waals surface area (Å²) in [5.41, 5.74) is 0.575. The lowest BCUT2D eigenvalue weighted by Crippen LogP contribution is -2.38. The second kappa shape index (κ2) is 5.12. The molecule has 0 amide bonds. The molecule has 94 valence electrons. The van der Waals surface area contributed by atoms with Crippen molar-refractivity contribution < 1.29 is 8.42 Å². The van der Waals surface area contributed by atoms with E-state index < -0.39 is 15.3 Å². The number of nitrogens with zero attached hydrogens (tertiary/aromatic N) is 1. The minimum Gasteiger partial charge on any atom is -0.315 e. The summed E-state index contributed by atoms with van der Waals surface area (Å²) in [4.78, 5) is 4.08. The predicted octanol–water partition coefficient (Wildman–Crippen LogP) is 0.424. The first-order chi connectivity index (χ1) is 8.09. The summed E-state index contributed by atoms with van der Waals surface area (Å²) in [5, 5.41) is 2.51. The molecule has 1 saturated heterocycles. The average molecular weight is 255 g/mol. The van der Waals surface area contributed by atoms with Crippen molar-refractivity contribution >= 4 is 10.0 Å². The molecule has 0 radical (unpaired) electrons. The van der Waals surface area contributed by atoms with Gasteiger partial charge in [-0.05, 0) is 32.0 Å². The highest BCUT2D eigenvalue weighted by Crippen LogP contribution is 2.19. The molecule has 0 saturated carbocycles. The van der Waals surface area contributed by atoms with Crippen molar-refractivity contribution in [3.05, 3.63) is 30.1 Å². The summed E-state index contributed by atoms with van der Waals surface area (Å²) >= 11 is 0. The van der Waals surface area contributed by atoms with Crippen LogP contribution in [-0.2, 0) is 10.0 Å². The van der Waals surface area contributed by atoms with E-state index in [-0.39, 0.29) is 6.04 Å². The largest absolute Gasteiger partial charge is 0.315 e. The molecule has 1 aromatic heterocycles. The molecule has 0 bridgehead atoms. The molecular weight excluding hydrogens is 238 g/mol. The van der Waals surface area contributed by atoms with Gasteiger partial charge in [0.05, 0.1) is 5.69 Å². The van der Waals surface area contributed by atoms with Crippen LogP contribution in [0.15, 0.2) is 24.4 Å². The van der Waals surface area contributed by atoms with E-state index in [1.165, 1.54) is 0 Å². The summed E-state index contributed by atoms with van der Waals surface area (Å²) in [7, 11) is -3.35. The zero-order valence-corrected chi connectivity index (χ0v) is 10.6. The Hall–Kier alpha value is -0.980. The summed E-state index contributed by atoms with van der Waals surface area (Å²) in [6.07, 6.45) is 2.45. The zero-order valence-electron chi connectivity index (χ0n) is 9.76. The second-order valence-corrected chi connectivity index (χ2v) is 6.28. The highest BCUT2D eigenvalue weighted by molar-refractivity contribution is 7.89. The molecule has 0 spiro atoms. The fourth-order valence-electron chi connectivity index (χ4n) is 1.87. The van der Waals surface area contributed by atoms with Gasteiger partial charge in [0.2, 0.25) is 10.0 Å². The summed E-state index contributed by atoms with van der Waals surface area (Å²) in [5.74, 6) is 0. The third-order valence-electron chi connectivity index (χ3n) is 2.96. The third-order valence-corrected chi connectivity index (χ3v) is 4.80. The Labute approximate surface area is 102 Å². The van der Waals surface area contributed by atoms with E-state index in [0.717, 1.165) is 13.0 Å². The third kappa shape index (κ3) is 3.02. The van der Waals surface area contributed by atoms with Crippen molar-refractivity contribution in [2.75, 3.05) is 13.1 Å². The maximum Gasteiger partial charge on any atom is 0.220 e. The van der Waals surface area contributed by atoms with Crippen molar-refractivity contribution in [3.8, 4) is 0 Å². The van der Waals surface area contributed by atoms with Crippen molar-refractivity contribution in [3.63, 3.8) is 0 Å². The van der Waals surface area contributed by atoms with Crippen LogP contribution in [0.4, 0.5) is 0 Å². The summed E-state index contributed by atoms with van der Waals surface area (Å²) < 4.78 is 26.9. The van der Waals surface area contributed by atoms with Crippen molar-refractivity contribution in [2.45, 2.75) is 24.6 Å². The summed E-state index contributed by atoms with van der Waals surface area (Å²) in [6.45, 7) is 3.23. The molecule has 5 nitrogen and oxygen atoms in total. The number of hydrogen-bond acceptors (Lipinski definition) is 4. The molecule has 1 fully saturated rings. The first-order valence-electron chi connectivity index (χ1n) is 5.72. The Kier molecular flexibility index (Phi) is 3.76. The Bertz CT molecular complexity index is 455. The van der Waals surface area contributed by atoms with Crippen LogP contribution in [0.1, 0.15) is 24.3 Å². The van der Waals surface area contributed by atoms with Crippen LogP contribution in [0.5, 0.6) is 0 Å². The van der Waals surface area contributed by atoms with Crippen LogP contribution in [-0.4, -0.2) is 32.5 Å². The van der Waals surface area contributed by atoms with E-state index in [9.17, 15) is 8.42 Å². The van der Waals surface area contributed by atoms with Gasteiger partial charge in [-0.15, -0.1) is 0 Å². The predicted molar refractivity (Wildman–Crippen MR) is 66.0 cm³/mol. The van der Waals surface area contributed by atoms with E-state index >= 15 is 0 Å². The molecule has 17 heavy (non-hydrogen) atoms. The van der Waals surface area contributed by atoms with Gasteiger partial charge < -0.3 is 5.32 Å². The fraction of sp³-hybridized carbons (Fsp3) is 0.545. The molecule has 2 rings (SSSR count). The second-order valence-electron chi connectivity index (χ2n) is 4.25. The maximum absolute atomic E-state index is 12.1. The number of aromatic nitrogens is 1. The lowest BCUT2D eigenvalue weighted by atomic mass is 10.3. The molecule has 0 aromatic carbocycles. The molecule has 1 aliphatic rings. The van der Waals surface area contributed by atoms with Crippen molar-refractivity contribution in [2.24, 2.45) is 0 Å². The van der Waals surface area contributed by atoms with E-state index in [1.54, 1.807) is 31.3 Å². The first kappa shape index (κ1) is 12.5. The van der Waals surface area contributed by atoms with Gasteiger partial charge in [-0.3, -0.25) is 4.98 Å². The molecule has 2 heterocycles. The number of nitrogens with one attached hydrogen (secondary N) is 2. The van der Waals surface area contributed by atoms with Gasteiger partial charge >= 0.3 is 0 Å². The first-order valence-corrected chi connectivity index (χ1v) is 7.27. The highest BCUT2D eigenvalue weighted by atomic mass is 32.2. The van der Waals surface area contributed by atoms with E-state index in [4.69, 9.17) is 0 Å². The van der Waals surface area contributed by atoms with Crippen LogP contribution in [0.2, 0.25) is 0 Å². The Morgan fingerprint density at radius 2 is 2.35 bits per heavy atom. The van der Waals surface area contributed by atoms with Crippen molar-refractivity contribution in [1.29, 1.82) is 0 Å². The minimum atomic E-state index is -3.35. The molecule has 1 aromatic rings. The van der Waals surface area contributed by atoms with Crippen LogP contribution < -0.4 is 10.0 Å². The molecule has 6 heteroatoms. The van der Waals surface area contributed by atoms with Crippen LogP contribution in [0, 0.1) is 0 Å². The smallest absolute Gasteiger partial charge is 0.220 e. The zero-order chi connectivity index (χ0) is 12.3. The van der Waals surface area contributed by atoms with Gasteiger partial charge in [-0.25, -0.2) is 13.1 Å². The number of rotatable bonds is 4. The molecule has 0 aliphatic carbocycles. The lowest BCUT2D eigenvalue weighted by molar-refractivity contribution is 0.549. The number of pyridine rings is 1. The molecule has 2 N–H and O–H groups in total. The highest BCUT2D eigenvalue weighted by Gasteiger charge is 2.27. The maximum atomic E-state index is 12.1. The Morgan fingerprint density at radius 1 is 1.53 bits per heavy atom. The van der Waals surface area contributed by atoms with Gasteiger partial charge in [-0.1, -0.05) is 6.07 Å². The lowest BCUT2D eigenvalue weighted by Gasteiger charge is -2.16. The fourth-order valence-corrected chi connectivity index (χ4v) is 3.19. The van der Waals surface area contributed by atoms with Crippen LogP contribution in [0.3, 0.4) is 0 Å². The number of sulfonamides is 1. The molecule has 2 atom stereocenters. The van der Waals surface area contributed by atoms with Gasteiger partial charge in [-0.2, -0.15) is 0 Å².